The first kappa shape index (κ1) is 22.9. The Morgan fingerprint density at radius 1 is 1.13 bits per heavy atom. The minimum atomic E-state index is -5.08. The average Bonchev–Trinajstić information content (AvgIpc) is 2.68. The molecule has 0 amide bonds. The van der Waals surface area contributed by atoms with Crippen LogP contribution in [-0.4, -0.2) is 27.2 Å². The molecule has 3 aromatic rings. The molecule has 3 rings (SSSR count). The third-order valence-corrected chi connectivity index (χ3v) is 3.87. The number of carboxylic acid groups (broad SMARTS) is 1. The van der Waals surface area contributed by atoms with E-state index in [0.717, 1.165) is 11.3 Å². The summed E-state index contributed by atoms with van der Waals surface area (Å²) in [4.78, 5) is 16.9. The standard InChI is InChI=1S/C17H13ClFN3O.C2HF3O2/c18-14-2-1-3-15(19)13(14)10-23-12-6-4-11(5-7-12)16-8-9-21-17(20)22-16;3-2(4,5)1(6)7/h1-9H,10H2,(H2,20,21,22);(H,6,7). The number of alkyl halides is 3. The molecule has 11 heteroatoms. The highest BCUT2D eigenvalue weighted by Crippen LogP contribution is 2.24. The second-order valence-electron chi connectivity index (χ2n) is 5.62. The van der Waals surface area contributed by atoms with Crippen LogP contribution in [0.15, 0.2) is 54.7 Å². The number of anilines is 1. The van der Waals surface area contributed by atoms with Gasteiger partial charge in [0.05, 0.1) is 10.7 Å². The SMILES string of the molecule is Nc1nccc(-c2ccc(OCc3c(F)cccc3Cl)cc2)n1.O=C(O)C(F)(F)F. The van der Waals surface area contributed by atoms with Crippen LogP contribution in [0.4, 0.5) is 23.5 Å². The third kappa shape index (κ3) is 6.59. The van der Waals surface area contributed by atoms with Crippen LogP contribution < -0.4 is 10.5 Å². The summed E-state index contributed by atoms with van der Waals surface area (Å²) in [5.74, 6) is -2.31. The zero-order valence-electron chi connectivity index (χ0n) is 15.0. The van der Waals surface area contributed by atoms with E-state index in [4.69, 9.17) is 32.0 Å². The summed E-state index contributed by atoms with van der Waals surface area (Å²) in [5.41, 5.74) is 7.51. The van der Waals surface area contributed by atoms with Crippen molar-refractivity contribution in [2.75, 3.05) is 5.73 Å². The van der Waals surface area contributed by atoms with Crippen molar-refractivity contribution in [2.45, 2.75) is 12.8 Å². The van der Waals surface area contributed by atoms with E-state index in [0.29, 0.717) is 16.3 Å². The van der Waals surface area contributed by atoms with Gasteiger partial charge in [0.25, 0.3) is 0 Å². The molecular formula is C19H14ClF4N3O3. The lowest BCUT2D eigenvalue weighted by Gasteiger charge is -2.09. The molecule has 0 unspecified atom stereocenters. The molecule has 1 heterocycles. The molecule has 3 N–H and O–H groups in total. The molecule has 1 aromatic heterocycles. The second-order valence-corrected chi connectivity index (χ2v) is 6.02. The zero-order valence-corrected chi connectivity index (χ0v) is 15.8. The molecule has 0 aliphatic carbocycles. The van der Waals surface area contributed by atoms with Crippen LogP contribution in [0.2, 0.25) is 5.02 Å². The molecule has 0 saturated carbocycles. The van der Waals surface area contributed by atoms with Gasteiger partial charge in [0.2, 0.25) is 5.95 Å². The van der Waals surface area contributed by atoms with Crippen LogP contribution in [0, 0.1) is 5.82 Å². The van der Waals surface area contributed by atoms with Gasteiger partial charge in [-0.2, -0.15) is 13.2 Å². The number of hydrogen-bond acceptors (Lipinski definition) is 5. The van der Waals surface area contributed by atoms with Gasteiger partial charge in [-0.3, -0.25) is 0 Å². The number of aromatic nitrogens is 2. The predicted octanol–water partition coefficient (Wildman–Crippen LogP) is 4.73. The summed E-state index contributed by atoms with van der Waals surface area (Å²) in [6, 6.07) is 13.6. The Hall–Kier alpha value is -3.40. The van der Waals surface area contributed by atoms with Crippen molar-refractivity contribution in [2.24, 2.45) is 0 Å². The number of rotatable bonds is 4. The van der Waals surface area contributed by atoms with Gasteiger partial charge in [0, 0.05) is 17.3 Å². The van der Waals surface area contributed by atoms with Crippen LogP contribution in [-0.2, 0) is 11.4 Å². The van der Waals surface area contributed by atoms with Crippen molar-refractivity contribution >= 4 is 23.5 Å². The molecule has 6 nitrogen and oxygen atoms in total. The Bertz CT molecular complexity index is 994. The predicted molar refractivity (Wildman–Crippen MR) is 101 cm³/mol. The summed E-state index contributed by atoms with van der Waals surface area (Å²) in [5, 5.41) is 7.47. The fraction of sp³-hybridized carbons (Fsp3) is 0.105. The molecule has 30 heavy (non-hydrogen) atoms. The van der Waals surface area contributed by atoms with Crippen LogP contribution in [0.3, 0.4) is 0 Å². The monoisotopic (exact) mass is 443 g/mol. The van der Waals surface area contributed by atoms with E-state index in [1.807, 2.05) is 12.1 Å². The number of carbonyl (C=O) groups is 1. The van der Waals surface area contributed by atoms with Crippen molar-refractivity contribution in [3.8, 4) is 17.0 Å². The van der Waals surface area contributed by atoms with Gasteiger partial charge in [0.15, 0.2) is 0 Å². The fourth-order valence-electron chi connectivity index (χ4n) is 2.08. The summed E-state index contributed by atoms with van der Waals surface area (Å²) in [6.07, 6.45) is -3.48. The van der Waals surface area contributed by atoms with Crippen molar-refractivity contribution in [3.05, 3.63) is 71.1 Å². The topological polar surface area (TPSA) is 98.3 Å². The van der Waals surface area contributed by atoms with E-state index in [1.54, 1.807) is 36.5 Å². The molecule has 0 aliphatic rings. The number of nitrogens with two attached hydrogens (primary N) is 1. The van der Waals surface area contributed by atoms with Crippen molar-refractivity contribution in [1.82, 2.24) is 9.97 Å². The highest BCUT2D eigenvalue weighted by atomic mass is 35.5. The van der Waals surface area contributed by atoms with Gasteiger partial charge in [0.1, 0.15) is 18.2 Å². The summed E-state index contributed by atoms with van der Waals surface area (Å²) >= 11 is 5.97. The van der Waals surface area contributed by atoms with E-state index in [9.17, 15) is 17.6 Å². The molecule has 0 fully saturated rings. The smallest absolute Gasteiger partial charge is 0.489 e. The molecule has 0 atom stereocenters. The van der Waals surface area contributed by atoms with E-state index in [-0.39, 0.29) is 18.4 Å². The maximum absolute atomic E-state index is 13.7. The fourth-order valence-corrected chi connectivity index (χ4v) is 2.30. The van der Waals surface area contributed by atoms with Gasteiger partial charge in [-0.1, -0.05) is 17.7 Å². The lowest BCUT2D eigenvalue weighted by molar-refractivity contribution is -0.192. The van der Waals surface area contributed by atoms with E-state index < -0.39 is 12.1 Å². The Morgan fingerprint density at radius 2 is 1.77 bits per heavy atom. The normalized spacial score (nSPS) is 10.7. The molecule has 158 valence electrons. The number of halogens is 5. The Kier molecular flexibility index (Phi) is 7.54. The number of benzene rings is 2. The molecular weight excluding hydrogens is 430 g/mol. The number of ether oxygens (including phenoxy) is 1. The van der Waals surface area contributed by atoms with E-state index >= 15 is 0 Å². The number of nitrogen functional groups attached to an aromatic ring is 1. The van der Waals surface area contributed by atoms with Gasteiger partial charge in [-0.15, -0.1) is 0 Å². The first-order chi connectivity index (χ1) is 14.1. The Labute approximate surface area is 172 Å². The van der Waals surface area contributed by atoms with Crippen molar-refractivity contribution in [3.63, 3.8) is 0 Å². The summed E-state index contributed by atoms with van der Waals surface area (Å²) in [7, 11) is 0. The number of hydrogen-bond donors (Lipinski definition) is 2. The van der Waals surface area contributed by atoms with E-state index in [2.05, 4.69) is 9.97 Å². The molecule has 0 aliphatic heterocycles. The molecule has 2 aromatic carbocycles. The maximum atomic E-state index is 13.7. The molecule has 0 radical (unpaired) electrons. The van der Waals surface area contributed by atoms with Gasteiger partial charge in [-0.05, 0) is 42.5 Å². The lowest BCUT2D eigenvalue weighted by Crippen LogP contribution is -2.21. The molecule has 0 bridgehead atoms. The Balaban J connectivity index is 0.000000396. The minimum Gasteiger partial charge on any atom is -0.489 e. The van der Waals surface area contributed by atoms with Crippen LogP contribution in [0.1, 0.15) is 5.56 Å². The summed E-state index contributed by atoms with van der Waals surface area (Å²) < 4.78 is 51.0. The number of carboxylic acids is 1. The highest BCUT2D eigenvalue weighted by molar-refractivity contribution is 6.31. The minimum absolute atomic E-state index is 0.0608. The third-order valence-electron chi connectivity index (χ3n) is 3.51. The van der Waals surface area contributed by atoms with Crippen LogP contribution in [0.5, 0.6) is 5.75 Å². The quantitative estimate of drug-likeness (QED) is 0.566. The highest BCUT2D eigenvalue weighted by Gasteiger charge is 2.38. The lowest BCUT2D eigenvalue weighted by atomic mass is 10.1. The number of aliphatic carboxylic acids is 1. The van der Waals surface area contributed by atoms with Gasteiger partial charge >= 0.3 is 12.1 Å². The number of nitrogens with zero attached hydrogens (tertiary/aromatic N) is 2. The molecule has 0 saturated heterocycles. The van der Waals surface area contributed by atoms with Gasteiger partial charge < -0.3 is 15.6 Å². The average molecular weight is 444 g/mol. The van der Waals surface area contributed by atoms with E-state index in [1.165, 1.54) is 6.07 Å². The van der Waals surface area contributed by atoms with Crippen LogP contribution in [0.25, 0.3) is 11.3 Å². The second kappa shape index (κ2) is 9.88. The van der Waals surface area contributed by atoms with Crippen molar-refractivity contribution in [1.29, 1.82) is 0 Å². The Morgan fingerprint density at radius 3 is 2.30 bits per heavy atom. The zero-order chi connectivity index (χ0) is 22.3. The van der Waals surface area contributed by atoms with Crippen LogP contribution >= 0.6 is 11.6 Å². The first-order valence-corrected chi connectivity index (χ1v) is 8.50. The largest absolute Gasteiger partial charge is 0.490 e. The maximum Gasteiger partial charge on any atom is 0.490 e. The first-order valence-electron chi connectivity index (χ1n) is 8.12. The van der Waals surface area contributed by atoms with Crippen molar-refractivity contribution < 1.29 is 32.2 Å². The van der Waals surface area contributed by atoms with Gasteiger partial charge in [-0.25, -0.2) is 19.2 Å². The summed E-state index contributed by atoms with van der Waals surface area (Å²) in [6.45, 7) is 0.0608. The molecule has 0 spiro atoms.